The Morgan fingerprint density at radius 1 is 1.44 bits per heavy atom. The number of pyridine rings is 1. The highest BCUT2D eigenvalue weighted by atomic mass is 32.2. The quantitative estimate of drug-likeness (QED) is 0.686. The summed E-state index contributed by atoms with van der Waals surface area (Å²) in [5.74, 6) is 0.146. The van der Waals surface area contributed by atoms with E-state index >= 15 is 0 Å². The molecule has 4 heterocycles. The Kier molecular flexibility index (Phi) is 4.17. The summed E-state index contributed by atoms with van der Waals surface area (Å²) in [5, 5.41) is 18.5. The predicted molar refractivity (Wildman–Crippen MR) is 92.9 cm³/mol. The normalized spacial score (nSPS) is 21.2. The molecule has 0 saturated carbocycles. The molecule has 0 spiro atoms. The average molecular weight is 356 g/mol. The molecule has 8 nitrogen and oxygen atoms in total. The molecule has 4 rings (SSSR count). The minimum atomic E-state index is -2.19. The average Bonchev–Trinajstić information content (AvgIpc) is 3.11. The first-order chi connectivity index (χ1) is 12.2. The number of nitrogens with zero attached hydrogens (tertiary/aromatic N) is 5. The van der Waals surface area contributed by atoms with Gasteiger partial charge in [0.25, 0.3) is 0 Å². The highest BCUT2D eigenvalue weighted by Gasteiger charge is 2.31. The first-order valence-corrected chi connectivity index (χ1v) is 9.17. The Hall–Kier alpha value is -2.41. The lowest BCUT2D eigenvalue weighted by molar-refractivity contribution is 0.210. The Morgan fingerprint density at radius 3 is 3.12 bits per heavy atom. The molecule has 0 bridgehead atoms. The number of hydrogen-bond donors (Lipinski definition) is 2. The van der Waals surface area contributed by atoms with Crippen molar-refractivity contribution in [1.29, 1.82) is 5.26 Å². The van der Waals surface area contributed by atoms with Gasteiger partial charge in [-0.2, -0.15) is 5.26 Å². The van der Waals surface area contributed by atoms with Gasteiger partial charge in [-0.1, -0.05) is 0 Å². The molecule has 128 valence electrons. The maximum absolute atomic E-state index is 11.4. The highest BCUT2D eigenvalue weighted by molar-refractivity contribution is 7.80. The molecule has 9 heteroatoms. The number of rotatable bonds is 3. The van der Waals surface area contributed by atoms with E-state index in [2.05, 4.69) is 20.2 Å². The first kappa shape index (κ1) is 16.1. The summed E-state index contributed by atoms with van der Waals surface area (Å²) in [6.07, 6.45) is 5.35. The van der Waals surface area contributed by atoms with Crippen LogP contribution in [0.15, 0.2) is 24.5 Å². The number of aromatic amines is 1. The number of fused-ring (bicyclic) bond motifs is 3. The summed E-state index contributed by atoms with van der Waals surface area (Å²) < 4.78 is 20.8. The summed E-state index contributed by atoms with van der Waals surface area (Å²) >= 11 is -2.19. The van der Waals surface area contributed by atoms with Gasteiger partial charge in [0.1, 0.15) is 0 Å². The Balaban J connectivity index is 1.78. The van der Waals surface area contributed by atoms with Crippen molar-refractivity contribution in [3.8, 4) is 6.07 Å². The van der Waals surface area contributed by atoms with Gasteiger partial charge in [-0.3, -0.25) is 4.90 Å². The summed E-state index contributed by atoms with van der Waals surface area (Å²) in [4.78, 5) is 9.13. The molecule has 1 saturated heterocycles. The van der Waals surface area contributed by atoms with Crippen LogP contribution in [0.4, 0.5) is 0 Å². The Morgan fingerprint density at radius 2 is 2.32 bits per heavy atom. The van der Waals surface area contributed by atoms with E-state index in [0.717, 1.165) is 29.2 Å². The van der Waals surface area contributed by atoms with Crippen LogP contribution < -0.4 is 0 Å². The van der Waals surface area contributed by atoms with E-state index in [-0.39, 0.29) is 5.92 Å². The van der Waals surface area contributed by atoms with Gasteiger partial charge in [0.2, 0.25) is 0 Å². The predicted octanol–water partition coefficient (Wildman–Crippen LogP) is 1.76. The molecule has 0 radical (unpaired) electrons. The summed E-state index contributed by atoms with van der Waals surface area (Å²) in [6.45, 7) is 1.20. The van der Waals surface area contributed by atoms with Crippen molar-refractivity contribution in [3.63, 3.8) is 0 Å². The summed E-state index contributed by atoms with van der Waals surface area (Å²) in [5.41, 5.74) is 2.40. The van der Waals surface area contributed by atoms with E-state index in [4.69, 9.17) is 0 Å². The van der Waals surface area contributed by atoms with Crippen molar-refractivity contribution in [3.05, 3.63) is 30.1 Å². The maximum atomic E-state index is 11.4. The molecular weight excluding hydrogens is 340 g/mol. The Bertz CT molecular complexity index is 997. The molecule has 25 heavy (non-hydrogen) atoms. The maximum Gasteiger partial charge on any atom is 0.200 e. The second-order valence-corrected chi connectivity index (χ2v) is 7.13. The van der Waals surface area contributed by atoms with Crippen molar-refractivity contribution in [2.45, 2.75) is 24.1 Å². The van der Waals surface area contributed by atoms with Crippen LogP contribution in [-0.4, -0.2) is 52.3 Å². The molecule has 1 aliphatic rings. The topological polar surface area (TPSA) is 119 Å². The van der Waals surface area contributed by atoms with Crippen molar-refractivity contribution < 1.29 is 8.76 Å². The highest BCUT2D eigenvalue weighted by Crippen LogP contribution is 2.34. The fourth-order valence-electron chi connectivity index (χ4n) is 3.63. The van der Waals surface area contributed by atoms with Crippen LogP contribution in [0.25, 0.3) is 22.1 Å². The number of nitrogens with one attached hydrogen (secondary N) is 1. The smallest absolute Gasteiger partial charge is 0.200 e. The zero-order valence-corrected chi connectivity index (χ0v) is 14.1. The third kappa shape index (κ3) is 2.78. The van der Waals surface area contributed by atoms with Crippen LogP contribution >= 0.6 is 0 Å². The largest absolute Gasteiger partial charge is 0.345 e. The minimum absolute atomic E-state index is 0.146. The van der Waals surface area contributed by atoms with E-state index in [0.29, 0.717) is 24.4 Å². The van der Waals surface area contributed by atoms with E-state index in [1.54, 1.807) is 11.1 Å². The molecule has 1 fully saturated rings. The number of nitriles is 1. The lowest BCUT2D eigenvalue weighted by Crippen LogP contribution is -2.43. The summed E-state index contributed by atoms with van der Waals surface area (Å²) in [7, 11) is 0. The van der Waals surface area contributed by atoms with Crippen molar-refractivity contribution >= 4 is 33.1 Å². The molecule has 2 N–H and O–H groups in total. The second kappa shape index (κ2) is 6.48. The number of piperidine rings is 1. The van der Waals surface area contributed by atoms with E-state index in [9.17, 15) is 14.0 Å². The minimum Gasteiger partial charge on any atom is -0.345 e. The van der Waals surface area contributed by atoms with Crippen LogP contribution in [0.1, 0.15) is 24.3 Å². The summed E-state index contributed by atoms with van der Waals surface area (Å²) in [6, 6.07) is 5.88. The molecule has 0 amide bonds. The zero-order chi connectivity index (χ0) is 17.4. The number of aromatic nitrogens is 4. The van der Waals surface area contributed by atoms with Gasteiger partial charge < -0.3 is 9.54 Å². The molecule has 3 unspecified atom stereocenters. The van der Waals surface area contributed by atoms with Crippen LogP contribution in [0.2, 0.25) is 0 Å². The van der Waals surface area contributed by atoms with Crippen molar-refractivity contribution in [2.24, 2.45) is 0 Å². The number of H-pyrrole nitrogens is 1. The number of hydrogen-bond acceptors (Lipinski definition) is 6. The van der Waals surface area contributed by atoms with Crippen LogP contribution in [-0.2, 0) is 11.1 Å². The van der Waals surface area contributed by atoms with Gasteiger partial charge in [0.15, 0.2) is 27.7 Å². The standard InChI is InChI=1S/C16H16N6O2S/c17-8-13(25(23)24)22-7-1-2-10(9-22)11-3-5-19-16-14(11)12-4-6-18-15(12)20-21-16/h3-6,10,13H,1-2,7,9H2,(H,19,21)(H,23,24). The molecule has 3 aromatic heterocycles. The van der Waals surface area contributed by atoms with Gasteiger partial charge in [0, 0.05) is 36.3 Å². The second-order valence-electron chi connectivity index (χ2n) is 6.13. The molecule has 1 aliphatic heterocycles. The lowest BCUT2D eigenvalue weighted by Gasteiger charge is -2.34. The zero-order valence-electron chi connectivity index (χ0n) is 13.3. The monoisotopic (exact) mass is 356 g/mol. The third-order valence-corrected chi connectivity index (χ3v) is 5.51. The van der Waals surface area contributed by atoms with Crippen molar-refractivity contribution in [1.82, 2.24) is 25.1 Å². The van der Waals surface area contributed by atoms with Gasteiger partial charge >= 0.3 is 0 Å². The van der Waals surface area contributed by atoms with Gasteiger partial charge in [-0.15, -0.1) is 10.2 Å². The Labute approximate surface area is 146 Å². The van der Waals surface area contributed by atoms with E-state index in [1.165, 1.54) is 0 Å². The lowest BCUT2D eigenvalue weighted by atomic mass is 9.88. The third-order valence-electron chi connectivity index (χ3n) is 4.73. The van der Waals surface area contributed by atoms with Crippen LogP contribution in [0.3, 0.4) is 0 Å². The van der Waals surface area contributed by atoms with Gasteiger partial charge in [0.05, 0.1) is 6.07 Å². The fourth-order valence-corrected chi connectivity index (χ4v) is 4.17. The van der Waals surface area contributed by atoms with Gasteiger partial charge in [-0.05, 0) is 36.5 Å². The molecule has 0 aromatic carbocycles. The number of likely N-dealkylation sites (tertiary alicyclic amines) is 1. The van der Waals surface area contributed by atoms with Crippen LogP contribution in [0.5, 0.6) is 0 Å². The molecular formula is C16H16N6O2S. The van der Waals surface area contributed by atoms with Crippen molar-refractivity contribution in [2.75, 3.05) is 13.1 Å². The van der Waals surface area contributed by atoms with Crippen LogP contribution in [0, 0.1) is 11.3 Å². The molecule has 3 aromatic rings. The van der Waals surface area contributed by atoms with E-state index in [1.807, 2.05) is 24.4 Å². The first-order valence-electron chi connectivity index (χ1n) is 8.00. The van der Waals surface area contributed by atoms with Gasteiger partial charge in [-0.25, -0.2) is 9.19 Å². The van der Waals surface area contributed by atoms with E-state index < -0.39 is 16.5 Å². The fraction of sp³-hybridized carbons (Fsp3) is 0.375. The SMILES string of the molecule is N#CC(N1CCCC(c2cc[nH]c3nnc4nccc4c23)C1)S(=O)O. The molecule has 3 atom stereocenters. The molecule has 0 aliphatic carbocycles.